The number of pyridine rings is 1. The zero-order valence-corrected chi connectivity index (χ0v) is 14.6. The number of methoxy groups -OCH3 is 1. The maximum atomic E-state index is 11.9. The summed E-state index contributed by atoms with van der Waals surface area (Å²) >= 11 is 0. The smallest absolute Gasteiger partial charge is 0.317 e. The minimum Gasteiger partial charge on any atom is -0.497 e. The third-order valence-electron chi connectivity index (χ3n) is 3.53. The van der Waals surface area contributed by atoms with Crippen molar-refractivity contribution < 1.29 is 24.2 Å². The van der Waals surface area contributed by atoms with Gasteiger partial charge in [-0.1, -0.05) is 0 Å². The number of amides is 2. The number of nitrogens with one attached hydrogen (secondary N) is 1. The summed E-state index contributed by atoms with van der Waals surface area (Å²) in [6.07, 6.45) is 1.49. The highest BCUT2D eigenvalue weighted by atomic mass is 16.5. The zero-order valence-electron chi connectivity index (χ0n) is 14.6. The Morgan fingerprint density at radius 3 is 2.54 bits per heavy atom. The van der Waals surface area contributed by atoms with E-state index in [1.54, 1.807) is 56.8 Å². The fraction of sp³-hybridized carbons (Fsp3) is 0.278. The van der Waals surface area contributed by atoms with Crippen molar-refractivity contribution in [3.8, 4) is 17.4 Å². The lowest BCUT2D eigenvalue weighted by Crippen LogP contribution is -2.37. The normalized spacial score (nSPS) is 10.1. The molecule has 0 aliphatic rings. The fourth-order valence-electron chi connectivity index (χ4n) is 2.06. The molecule has 0 aliphatic carbocycles. The fourth-order valence-corrected chi connectivity index (χ4v) is 2.06. The summed E-state index contributed by atoms with van der Waals surface area (Å²) in [5.74, 6) is 0.807. The molecule has 8 nitrogen and oxygen atoms in total. The van der Waals surface area contributed by atoms with Gasteiger partial charge in [-0.25, -0.2) is 9.78 Å². The maximum Gasteiger partial charge on any atom is 0.317 e. The van der Waals surface area contributed by atoms with Crippen molar-refractivity contribution in [2.75, 3.05) is 20.7 Å². The highest BCUT2D eigenvalue weighted by Crippen LogP contribution is 2.22. The number of aromatic nitrogens is 1. The van der Waals surface area contributed by atoms with Gasteiger partial charge in [0.1, 0.15) is 11.5 Å². The Morgan fingerprint density at radius 2 is 1.88 bits per heavy atom. The number of carboxylic acid groups (broad SMARTS) is 1. The second-order valence-electron chi connectivity index (χ2n) is 5.50. The van der Waals surface area contributed by atoms with Crippen molar-refractivity contribution >= 4 is 12.0 Å². The van der Waals surface area contributed by atoms with Gasteiger partial charge in [-0.2, -0.15) is 0 Å². The predicted molar refractivity (Wildman–Crippen MR) is 94.4 cm³/mol. The summed E-state index contributed by atoms with van der Waals surface area (Å²) in [5.41, 5.74) is 0.809. The Hall–Kier alpha value is -3.29. The van der Waals surface area contributed by atoms with Crippen LogP contribution in [-0.2, 0) is 11.3 Å². The number of urea groups is 1. The van der Waals surface area contributed by atoms with Gasteiger partial charge in [-0.15, -0.1) is 0 Å². The molecule has 0 bridgehead atoms. The minimum atomic E-state index is -0.945. The van der Waals surface area contributed by atoms with Crippen LogP contribution in [0.3, 0.4) is 0 Å². The van der Waals surface area contributed by atoms with Gasteiger partial charge >= 0.3 is 12.0 Å². The molecule has 0 radical (unpaired) electrons. The molecular weight excluding hydrogens is 338 g/mol. The minimum absolute atomic E-state index is 0.0982. The maximum absolute atomic E-state index is 11.9. The number of rotatable bonds is 8. The molecule has 2 aromatic rings. The van der Waals surface area contributed by atoms with Gasteiger partial charge in [0.25, 0.3) is 0 Å². The van der Waals surface area contributed by atoms with Crippen molar-refractivity contribution in [1.82, 2.24) is 15.2 Å². The van der Waals surface area contributed by atoms with Crippen molar-refractivity contribution in [2.24, 2.45) is 0 Å². The van der Waals surface area contributed by atoms with Gasteiger partial charge in [0.2, 0.25) is 5.88 Å². The topological polar surface area (TPSA) is 101 Å². The van der Waals surface area contributed by atoms with Crippen LogP contribution in [0.25, 0.3) is 0 Å². The molecule has 8 heteroatoms. The van der Waals surface area contributed by atoms with Gasteiger partial charge in [-0.05, 0) is 35.9 Å². The molecule has 1 aromatic heterocycles. The quantitative estimate of drug-likeness (QED) is 0.751. The van der Waals surface area contributed by atoms with Crippen LogP contribution in [0.15, 0.2) is 42.6 Å². The number of carboxylic acids is 1. The number of carbonyl (C=O) groups is 2. The van der Waals surface area contributed by atoms with Crippen molar-refractivity contribution in [2.45, 2.75) is 13.0 Å². The van der Waals surface area contributed by atoms with Gasteiger partial charge in [0.15, 0.2) is 0 Å². The molecule has 0 aliphatic heterocycles. The van der Waals surface area contributed by atoms with Crippen LogP contribution in [0.5, 0.6) is 17.4 Å². The average molecular weight is 359 g/mol. The first-order valence-corrected chi connectivity index (χ1v) is 7.95. The summed E-state index contributed by atoms with van der Waals surface area (Å²) in [7, 11) is 3.14. The number of hydrogen-bond acceptors (Lipinski definition) is 5. The first kappa shape index (κ1) is 19.0. The Balaban J connectivity index is 1.89. The van der Waals surface area contributed by atoms with Crippen molar-refractivity contribution in [3.05, 3.63) is 48.2 Å². The SMILES string of the molecule is COc1ccc(Oc2cc(CNC(=O)N(C)CCC(=O)O)ccn2)cc1. The molecule has 0 atom stereocenters. The summed E-state index contributed by atoms with van der Waals surface area (Å²) in [6, 6.07) is 10.2. The second-order valence-corrected chi connectivity index (χ2v) is 5.50. The highest BCUT2D eigenvalue weighted by Gasteiger charge is 2.10. The van der Waals surface area contributed by atoms with E-state index in [2.05, 4.69) is 10.3 Å². The van der Waals surface area contributed by atoms with Crippen LogP contribution >= 0.6 is 0 Å². The molecule has 0 fully saturated rings. The number of hydrogen-bond donors (Lipinski definition) is 2. The van der Waals surface area contributed by atoms with Crippen LogP contribution in [0.1, 0.15) is 12.0 Å². The predicted octanol–water partition coefficient (Wildman–Crippen LogP) is 2.50. The van der Waals surface area contributed by atoms with E-state index in [4.69, 9.17) is 14.6 Å². The van der Waals surface area contributed by atoms with Crippen LogP contribution in [-0.4, -0.2) is 47.7 Å². The zero-order chi connectivity index (χ0) is 18.9. The molecule has 0 saturated heterocycles. The summed E-state index contributed by atoms with van der Waals surface area (Å²) < 4.78 is 10.8. The van der Waals surface area contributed by atoms with Gasteiger partial charge in [0.05, 0.1) is 13.5 Å². The van der Waals surface area contributed by atoms with Crippen LogP contribution < -0.4 is 14.8 Å². The van der Waals surface area contributed by atoms with Crippen LogP contribution in [0.2, 0.25) is 0 Å². The lowest BCUT2D eigenvalue weighted by atomic mass is 10.2. The Labute approximate surface area is 151 Å². The first-order chi connectivity index (χ1) is 12.5. The molecule has 2 rings (SSSR count). The standard InChI is InChI=1S/C18H21N3O5/c1-21(10-8-17(22)23)18(24)20-12-13-7-9-19-16(11-13)26-15-5-3-14(25-2)4-6-15/h3-7,9,11H,8,10,12H2,1-2H3,(H,20,24)(H,22,23). The van der Waals surface area contributed by atoms with Crippen molar-refractivity contribution in [1.29, 1.82) is 0 Å². The number of benzene rings is 1. The van der Waals surface area contributed by atoms with Crippen LogP contribution in [0.4, 0.5) is 4.79 Å². The molecule has 138 valence electrons. The third kappa shape index (κ3) is 5.97. The number of ether oxygens (including phenoxy) is 2. The van der Waals surface area contributed by atoms with E-state index in [1.165, 1.54) is 4.90 Å². The summed E-state index contributed by atoms with van der Waals surface area (Å²) in [6.45, 7) is 0.418. The molecule has 0 spiro atoms. The van der Waals surface area contributed by atoms with E-state index >= 15 is 0 Å². The molecule has 1 heterocycles. The molecule has 26 heavy (non-hydrogen) atoms. The van der Waals surface area contributed by atoms with E-state index in [9.17, 15) is 9.59 Å². The van der Waals surface area contributed by atoms with E-state index < -0.39 is 5.97 Å². The Morgan fingerprint density at radius 1 is 1.19 bits per heavy atom. The highest BCUT2D eigenvalue weighted by molar-refractivity contribution is 5.75. The molecular formula is C18H21N3O5. The van der Waals surface area contributed by atoms with E-state index in [0.717, 1.165) is 11.3 Å². The number of nitrogens with zero attached hydrogens (tertiary/aromatic N) is 2. The molecule has 0 unspecified atom stereocenters. The number of carbonyl (C=O) groups excluding carboxylic acids is 1. The Kier molecular flexibility index (Phi) is 6.78. The molecule has 2 amide bonds. The second kappa shape index (κ2) is 9.26. The van der Waals surface area contributed by atoms with Gasteiger partial charge < -0.3 is 24.8 Å². The van der Waals surface area contributed by atoms with E-state index in [-0.39, 0.29) is 25.5 Å². The molecule has 2 N–H and O–H groups in total. The van der Waals surface area contributed by atoms with Crippen molar-refractivity contribution in [3.63, 3.8) is 0 Å². The summed E-state index contributed by atoms with van der Waals surface area (Å²) in [4.78, 5) is 27.9. The summed E-state index contributed by atoms with van der Waals surface area (Å²) in [5, 5.41) is 11.4. The molecule has 1 aromatic carbocycles. The largest absolute Gasteiger partial charge is 0.497 e. The first-order valence-electron chi connectivity index (χ1n) is 7.95. The lowest BCUT2D eigenvalue weighted by Gasteiger charge is -2.17. The molecule has 0 saturated carbocycles. The van der Waals surface area contributed by atoms with Gasteiger partial charge in [0, 0.05) is 32.4 Å². The third-order valence-corrected chi connectivity index (χ3v) is 3.53. The average Bonchev–Trinajstić information content (AvgIpc) is 2.65. The van der Waals surface area contributed by atoms with Gasteiger partial charge in [-0.3, -0.25) is 4.79 Å². The number of aliphatic carboxylic acids is 1. The van der Waals surface area contributed by atoms with E-state index in [0.29, 0.717) is 11.6 Å². The van der Waals surface area contributed by atoms with Crippen LogP contribution in [0, 0.1) is 0 Å². The monoisotopic (exact) mass is 359 g/mol. The Bertz CT molecular complexity index is 749. The lowest BCUT2D eigenvalue weighted by molar-refractivity contribution is -0.137. The van der Waals surface area contributed by atoms with E-state index in [1.807, 2.05) is 0 Å².